The number of nitrogens with one attached hydrogen (secondary N) is 1. The molecular weight excluding hydrogens is 238 g/mol. The van der Waals surface area contributed by atoms with Gasteiger partial charge in [0.15, 0.2) is 0 Å². The third-order valence-corrected chi connectivity index (χ3v) is 3.50. The van der Waals surface area contributed by atoms with Gasteiger partial charge in [0.2, 0.25) is 0 Å². The van der Waals surface area contributed by atoms with E-state index in [4.69, 9.17) is 4.74 Å². The topological polar surface area (TPSA) is 57.9 Å². The molecule has 1 atom stereocenters. The van der Waals surface area contributed by atoms with Crippen molar-refractivity contribution in [1.29, 1.82) is 5.26 Å². The van der Waals surface area contributed by atoms with Crippen LogP contribution in [0.1, 0.15) is 43.6 Å². The fourth-order valence-electron chi connectivity index (χ4n) is 2.66. The van der Waals surface area contributed by atoms with E-state index in [0.717, 1.165) is 36.5 Å². The van der Waals surface area contributed by atoms with Crippen LogP contribution in [0.25, 0.3) is 0 Å². The van der Waals surface area contributed by atoms with E-state index >= 15 is 0 Å². The Labute approximate surface area is 114 Å². The lowest BCUT2D eigenvalue weighted by Gasteiger charge is -2.36. The Balaban J connectivity index is 2.22. The number of pyridine rings is 1. The standard InChI is InChI=1S/C15H21N3O/c1-10-7-14(13(9-16)11(2)17-10)18-12-5-6-19-15(3,4)8-12/h7,12H,5-6,8H2,1-4H3,(H,17,18). The predicted octanol–water partition coefficient (Wildman–Crippen LogP) is 2.94. The zero-order valence-electron chi connectivity index (χ0n) is 12.1. The monoisotopic (exact) mass is 259 g/mol. The largest absolute Gasteiger partial charge is 0.381 e. The number of hydrogen-bond acceptors (Lipinski definition) is 4. The van der Waals surface area contributed by atoms with Crippen molar-refractivity contribution < 1.29 is 4.74 Å². The summed E-state index contributed by atoms with van der Waals surface area (Å²) in [6.45, 7) is 8.80. The molecule has 4 nitrogen and oxygen atoms in total. The number of aryl methyl sites for hydroxylation is 2. The first-order chi connectivity index (χ1) is 8.91. The molecule has 1 unspecified atom stereocenters. The molecule has 1 aliphatic rings. The van der Waals surface area contributed by atoms with E-state index < -0.39 is 0 Å². The second kappa shape index (κ2) is 5.18. The van der Waals surface area contributed by atoms with Gasteiger partial charge in [0.1, 0.15) is 6.07 Å². The van der Waals surface area contributed by atoms with Crippen molar-refractivity contribution in [3.05, 3.63) is 23.0 Å². The van der Waals surface area contributed by atoms with E-state index in [1.165, 1.54) is 0 Å². The Morgan fingerprint density at radius 1 is 1.47 bits per heavy atom. The average Bonchev–Trinajstić information content (AvgIpc) is 2.26. The highest BCUT2D eigenvalue weighted by Gasteiger charge is 2.29. The van der Waals surface area contributed by atoms with Crippen molar-refractivity contribution in [3.63, 3.8) is 0 Å². The van der Waals surface area contributed by atoms with Crippen molar-refractivity contribution in [2.45, 2.75) is 52.2 Å². The molecule has 2 heterocycles. The van der Waals surface area contributed by atoms with Crippen molar-refractivity contribution in [2.24, 2.45) is 0 Å². The predicted molar refractivity (Wildman–Crippen MR) is 75.1 cm³/mol. The lowest BCUT2D eigenvalue weighted by atomic mass is 9.93. The van der Waals surface area contributed by atoms with Gasteiger partial charge in [-0.05, 0) is 46.6 Å². The lowest BCUT2D eigenvalue weighted by Crippen LogP contribution is -2.40. The summed E-state index contributed by atoms with van der Waals surface area (Å²) in [5.74, 6) is 0. The van der Waals surface area contributed by atoms with Crippen LogP contribution in [-0.2, 0) is 4.74 Å². The summed E-state index contributed by atoms with van der Waals surface area (Å²) in [6, 6.07) is 4.54. The molecule has 1 aromatic heterocycles. The highest BCUT2D eigenvalue weighted by atomic mass is 16.5. The van der Waals surface area contributed by atoms with Gasteiger partial charge in [-0.25, -0.2) is 0 Å². The van der Waals surface area contributed by atoms with Crippen LogP contribution in [0, 0.1) is 25.2 Å². The van der Waals surface area contributed by atoms with Crippen LogP contribution in [0.4, 0.5) is 5.69 Å². The van der Waals surface area contributed by atoms with Gasteiger partial charge in [0.25, 0.3) is 0 Å². The average molecular weight is 259 g/mol. The Hall–Kier alpha value is -1.60. The van der Waals surface area contributed by atoms with Crippen molar-refractivity contribution in [1.82, 2.24) is 4.98 Å². The molecule has 0 spiro atoms. The smallest absolute Gasteiger partial charge is 0.103 e. The maximum absolute atomic E-state index is 9.27. The molecule has 0 saturated carbocycles. The maximum Gasteiger partial charge on any atom is 0.103 e. The number of rotatable bonds is 2. The highest BCUT2D eigenvalue weighted by Crippen LogP contribution is 2.28. The first-order valence-electron chi connectivity index (χ1n) is 6.70. The summed E-state index contributed by atoms with van der Waals surface area (Å²) < 4.78 is 5.72. The van der Waals surface area contributed by atoms with Crippen LogP contribution < -0.4 is 5.32 Å². The summed E-state index contributed by atoms with van der Waals surface area (Å²) in [5.41, 5.74) is 3.17. The van der Waals surface area contributed by atoms with Gasteiger partial charge in [-0.1, -0.05) is 0 Å². The molecule has 1 N–H and O–H groups in total. The molecule has 0 bridgehead atoms. The van der Waals surface area contributed by atoms with Gasteiger partial charge in [0, 0.05) is 18.3 Å². The Bertz CT molecular complexity index is 517. The van der Waals surface area contributed by atoms with E-state index in [1.807, 2.05) is 19.9 Å². The second-order valence-electron chi connectivity index (χ2n) is 5.83. The van der Waals surface area contributed by atoms with E-state index in [0.29, 0.717) is 11.6 Å². The third-order valence-electron chi connectivity index (χ3n) is 3.50. The minimum atomic E-state index is -0.0974. The number of nitriles is 1. The molecule has 0 radical (unpaired) electrons. The van der Waals surface area contributed by atoms with Gasteiger partial charge in [-0.15, -0.1) is 0 Å². The summed E-state index contributed by atoms with van der Waals surface area (Å²) in [7, 11) is 0. The minimum Gasteiger partial charge on any atom is -0.381 e. The molecule has 1 fully saturated rings. The van der Waals surface area contributed by atoms with Gasteiger partial charge in [0.05, 0.1) is 22.5 Å². The number of ether oxygens (including phenoxy) is 1. The van der Waals surface area contributed by atoms with Crippen LogP contribution in [0.15, 0.2) is 6.07 Å². The first kappa shape index (κ1) is 13.8. The molecule has 19 heavy (non-hydrogen) atoms. The fraction of sp³-hybridized carbons (Fsp3) is 0.600. The molecule has 0 amide bonds. The quantitative estimate of drug-likeness (QED) is 0.887. The van der Waals surface area contributed by atoms with E-state index in [1.54, 1.807) is 0 Å². The molecule has 4 heteroatoms. The number of aromatic nitrogens is 1. The zero-order valence-corrected chi connectivity index (χ0v) is 12.1. The Kier molecular flexibility index (Phi) is 3.77. The van der Waals surface area contributed by atoms with Crippen LogP contribution in [0.2, 0.25) is 0 Å². The number of nitrogens with zero attached hydrogens (tertiary/aromatic N) is 2. The van der Waals surface area contributed by atoms with Crippen molar-refractivity contribution >= 4 is 5.69 Å². The fourth-order valence-corrected chi connectivity index (χ4v) is 2.66. The number of anilines is 1. The second-order valence-corrected chi connectivity index (χ2v) is 5.83. The maximum atomic E-state index is 9.27. The van der Waals surface area contributed by atoms with E-state index in [9.17, 15) is 5.26 Å². The van der Waals surface area contributed by atoms with Crippen LogP contribution in [0.5, 0.6) is 0 Å². The lowest BCUT2D eigenvalue weighted by molar-refractivity contribution is -0.0553. The van der Waals surface area contributed by atoms with Crippen molar-refractivity contribution in [3.8, 4) is 6.07 Å². The van der Waals surface area contributed by atoms with Gasteiger partial charge in [-0.2, -0.15) is 5.26 Å². The van der Waals surface area contributed by atoms with Gasteiger partial charge in [-0.3, -0.25) is 4.98 Å². The summed E-state index contributed by atoms with van der Waals surface area (Å²) in [4.78, 5) is 4.34. The van der Waals surface area contributed by atoms with Crippen LogP contribution >= 0.6 is 0 Å². The first-order valence-corrected chi connectivity index (χ1v) is 6.70. The number of hydrogen-bond donors (Lipinski definition) is 1. The molecule has 0 aliphatic carbocycles. The minimum absolute atomic E-state index is 0.0974. The zero-order chi connectivity index (χ0) is 14.0. The molecule has 1 aliphatic heterocycles. The van der Waals surface area contributed by atoms with Gasteiger partial charge < -0.3 is 10.1 Å². The Morgan fingerprint density at radius 2 is 2.21 bits per heavy atom. The molecule has 1 saturated heterocycles. The van der Waals surface area contributed by atoms with Crippen LogP contribution in [0.3, 0.4) is 0 Å². The SMILES string of the molecule is Cc1cc(NC2CCOC(C)(C)C2)c(C#N)c(C)n1. The summed E-state index contributed by atoms with van der Waals surface area (Å²) in [6.07, 6.45) is 1.91. The summed E-state index contributed by atoms with van der Waals surface area (Å²) >= 11 is 0. The van der Waals surface area contributed by atoms with Gasteiger partial charge >= 0.3 is 0 Å². The third kappa shape index (κ3) is 3.24. The van der Waals surface area contributed by atoms with Crippen molar-refractivity contribution in [2.75, 3.05) is 11.9 Å². The van der Waals surface area contributed by atoms with E-state index in [-0.39, 0.29) is 5.60 Å². The Morgan fingerprint density at radius 3 is 2.84 bits per heavy atom. The molecule has 102 valence electrons. The molecule has 0 aromatic carbocycles. The van der Waals surface area contributed by atoms with Crippen LogP contribution in [-0.4, -0.2) is 23.2 Å². The molecule has 2 rings (SSSR count). The van der Waals surface area contributed by atoms with E-state index in [2.05, 4.69) is 30.2 Å². The molecule has 1 aromatic rings. The molecular formula is C15H21N3O. The summed E-state index contributed by atoms with van der Waals surface area (Å²) in [5, 5.41) is 12.8. The highest BCUT2D eigenvalue weighted by molar-refractivity contribution is 5.60. The normalized spacial score (nSPS) is 21.7.